The maximum Gasteiger partial charge on any atom is 0.326 e. The SMILES string of the molecule is CC(CN1CCC(n2c(=O)[nH]c3cc(F)ccc32)CC1)NC=O.c1ccc(C2CC2)cc1. The predicted octanol–water partition coefficient (Wildman–Crippen LogP) is 3.80. The zero-order valence-corrected chi connectivity index (χ0v) is 18.5. The second-order valence-electron chi connectivity index (χ2n) is 8.86. The van der Waals surface area contributed by atoms with Crippen molar-refractivity contribution in [2.24, 2.45) is 0 Å². The van der Waals surface area contributed by atoms with E-state index in [-0.39, 0.29) is 23.6 Å². The molecule has 7 heteroatoms. The molecule has 5 rings (SSSR count). The number of aromatic nitrogens is 2. The monoisotopic (exact) mass is 438 g/mol. The quantitative estimate of drug-likeness (QED) is 0.575. The standard InChI is InChI=1S/C16H21FN4O2.C9H10/c1-11(18-10-22)9-20-6-4-13(5-7-20)21-15-3-2-12(17)8-14(15)19-16(21)23;1-2-4-8(5-3-1)9-6-7-9/h2-3,8,10-11,13H,4-7,9H2,1H3,(H,18,22)(H,19,23);1-5,9H,6-7H2. The lowest BCUT2D eigenvalue weighted by molar-refractivity contribution is -0.110. The molecule has 1 aliphatic carbocycles. The van der Waals surface area contributed by atoms with Gasteiger partial charge >= 0.3 is 5.69 Å². The third kappa shape index (κ3) is 5.46. The van der Waals surface area contributed by atoms with E-state index in [9.17, 15) is 14.0 Å². The molecule has 32 heavy (non-hydrogen) atoms. The second-order valence-corrected chi connectivity index (χ2v) is 8.86. The summed E-state index contributed by atoms with van der Waals surface area (Å²) in [6, 6.07) is 15.4. The van der Waals surface area contributed by atoms with Gasteiger partial charge in [-0.2, -0.15) is 0 Å². The van der Waals surface area contributed by atoms with E-state index >= 15 is 0 Å². The van der Waals surface area contributed by atoms with Gasteiger partial charge in [-0.15, -0.1) is 0 Å². The molecule has 170 valence electrons. The van der Waals surface area contributed by atoms with Gasteiger partial charge in [0.15, 0.2) is 0 Å². The minimum Gasteiger partial charge on any atom is -0.355 e. The lowest BCUT2D eigenvalue weighted by Crippen LogP contribution is -2.43. The van der Waals surface area contributed by atoms with Crippen LogP contribution in [-0.4, -0.2) is 46.5 Å². The smallest absolute Gasteiger partial charge is 0.326 e. The van der Waals surface area contributed by atoms with Crippen molar-refractivity contribution in [1.82, 2.24) is 19.8 Å². The Kier molecular flexibility index (Phi) is 7.05. The molecule has 3 aromatic rings. The van der Waals surface area contributed by atoms with Gasteiger partial charge in [0.25, 0.3) is 0 Å². The molecule has 2 fully saturated rings. The Labute approximate surface area is 187 Å². The minimum absolute atomic E-state index is 0.114. The molecule has 1 unspecified atom stereocenters. The summed E-state index contributed by atoms with van der Waals surface area (Å²) in [5.74, 6) is 0.559. The van der Waals surface area contributed by atoms with Crippen LogP contribution in [0.4, 0.5) is 4.39 Å². The molecule has 1 amide bonds. The van der Waals surface area contributed by atoms with Crippen molar-refractivity contribution in [2.75, 3.05) is 19.6 Å². The number of fused-ring (bicyclic) bond motifs is 1. The number of imidazole rings is 1. The number of H-pyrrole nitrogens is 1. The third-order valence-electron chi connectivity index (χ3n) is 6.33. The highest BCUT2D eigenvalue weighted by atomic mass is 19.1. The molecule has 1 atom stereocenters. The molecule has 0 spiro atoms. The van der Waals surface area contributed by atoms with Gasteiger partial charge in [0.1, 0.15) is 5.82 Å². The van der Waals surface area contributed by atoms with E-state index in [4.69, 9.17) is 0 Å². The molecular formula is C25H31FN4O2. The number of rotatable bonds is 6. The molecule has 2 heterocycles. The summed E-state index contributed by atoms with van der Waals surface area (Å²) in [6.07, 6.45) is 5.26. The molecule has 6 nitrogen and oxygen atoms in total. The predicted molar refractivity (Wildman–Crippen MR) is 124 cm³/mol. The Hall–Kier alpha value is -2.93. The van der Waals surface area contributed by atoms with Gasteiger partial charge in [-0.25, -0.2) is 9.18 Å². The van der Waals surface area contributed by atoms with Crippen molar-refractivity contribution in [3.05, 3.63) is 70.4 Å². The fraction of sp³-hybridized carbons (Fsp3) is 0.440. The summed E-state index contributed by atoms with van der Waals surface area (Å²) >= 11 is 0. The van der Waals surface area contributed by atoms with E-state index in [2.05, 4.69) is 45.5 Å². The number of carbonyl (C=O) groups is 1. The number of piperidine rings is 1. The molecule has 1 saturated carbocycles. The number of halogens is 1. The fourth-order valence-corrected chi connectivity index (χ4v) is 4.52. The van der Waals surface area contributed by atoms with Crippen LogP contribution in [0, 0.1) is 5.82 Å². The van der Waals surface area contributed by atoms with Crippen molar-refractivity contribution in [1.29, 1.82) is 0 Å². The number of aromatic amines is 1. The Morgan fingerprint density at radius 2 is 1.84 bits per heavy atom. The van der Waals surface area contributed by atoms with Gasteiger partial charge in [0, 0.05) is 31.7 Å². The largest absolute Gasteiger partial charge is 0.355 e. The van der Waals surface area contributed by atoms with E-state index in [1.165, 1.54) is 30.5 Å². The first-order chi connectivity index (χ1) is 15.5. The van der Waals surface area contributed by atoms with E-state index < -0.39 is 0 Å². The molecule has 0 bridgehead atoms. The topological polar surface area (TPSA) is 70.1 Å². The van der Waals surface area contributed by atoms with Gasteiger partial charge in [-0.1, -0.05) is 30.3 Å². The summed E-state index contributed by atoms with van der Waals surface area (Å²) < 4.78 is 15.0. The first kappa shape index (κ1) is 22.3. The normalized spacial score (nSPS) is 18.1. The molecule has 1 aromatic heterocycles. The molecule has 2 N–H and O–H groups in total. The van der Waals surface area contributed by atoms with Gasteiger partial charge in [-0.05, 0) is 62.3 Å². The van der Waals surface area contributed by atoms with E-state index in [0.29, 0.717) is 5.52 Å². The van der Waals surface area contributed by atoms with Gasteiger partial charge in [0.05, 0.1) is 11.0 Å². The van der Waals surface area contributed by atoms with Crippen LogP contribution in [-0.2, 0) is 4.79 Å². The second kappa shape index (κ2) is 10.1. The highest BCUT2D eigenvalue weighted by Gasteiger charge is 2.24. The summed E-state index contributed by atoms with van der Waals surface area (Å²) in [4.78, 5) is 27.7. The van der Waals surface area contributed by atoms with Crippen LogP contribution in [0.3, 0.4) is 0 Å². The third-order valence-corrected chi connectivity index (χ3v) is 6.33. The number of hydrogen-bond acceptors (Lipinski definition) is 3. The van der Waals surface area contributed by atoms with Gasteiger partial charge in [-0.3, -0.25) is 9.36 Å². The van der Waals surface area contributed by atoms with Crippen LogP contribution in [0.25, 0.3) is 11.0 Å². The van der Waals surface area contributed by atoms with Crippen LogP contribution in [0.15, 0.2) is 53.3 Å². The first-order valence-corrected chi connectivity index (χ1v) is 11.4. The Morgan fingerprint density at radius 1 is 1.12 bits per heavy atom. The zero-order valence-electron chi connectivity index (χ0n) is 18.5. The summed E-state index contributed by atoms with van der Waals surface area (Å²) in [7, 11) is 0. The fourth-order valence-electron chi connectivity index (χ4n) is 4.52. The number of carbonyl (C=O) groups excluding carboxylic acids is 1. The van der Waals surface area contributed by atoms with Gasteiger partial charge in [0.2, 0.25) is 6.41 Å². The van der Waals surface area contributed by atoms with Crippen LogP contribution in [0.1, 0.15) is 50.1 Å². The van der Waals surface area contributed by atoms with Crippen LogP contribution in [0.5, 0.6) is 0 Å². The average molecular weight is 439 g/mol. The number of likely N-dealkylation sites (tertiary alicyclic amines) is 1. The summed E-state index contributed by atoms with van der Waals surface area (Å²) in [5, 5.41) is 2.75. The van der Waals surface area contributed by atoms with Crippen molar-refractivity contribution >= 4 is 17.4 Å². The Balaban J connectivity index is 0.000000225. The maximum atomic E-state index is 13.3. The Morgan fingerprint density at radius 3 is 2.50 bits per heavy atom. The minimum atomic E-state index is -0.350. The number of nitrogens with one attached hydrogen (secondary N) is 2. The highest BCUT2D eigenvalue weighted by molar-refractivity contribution is 5.75. The van der Waals surface area contributed by atoms with Crippen molar-refractivity contribution in [2.45, 2.75) is 50.6 Å². The number of hydrogen-bond donors (Lipinski definition) is 2. The molecule has 1 aliphatic heterocycles. The van der Waals surface area contributed by atoms with Crippen molar-refractivity contribution in [3.63, 3.8) is 0 Å². The van der Waals surface area contributed by atoms with Crippen LogP contribution >= 0.6 is 0 Å². The van der Waals surface area contributed by atoms with Crippen molar-refractivity contribution in [3.8, 4) is 0 Å². The van der Waals surface area contributed by atoms with E-state index in [0.717, 1.165) is 50.3 Å². The van der Waals surface area contributed by atoms with E-state index in [1.807, 2.05) is 6.92 Å². The molecule has 2 aromatic carbocycles. The maximum absolute atomic E-state index is 13.3. The molecular weight excluding hydrogens is 407 g/mol. The Bertz CT molecular complexity index is 1080. The van der Waals surface area contributed by atoms with E-state index in [1.54, 1.807) is 10.6 Å². The highest BCUT2D eigenvalue weighted by Crippen LogP contribution is 2.39. The summed E-state index contributed by atoms with van der Waals surface area (Å²) in [6.45, 7) is 4.52. The number of nitrogens with zero attached hydrogens (tertiary/aromatic N) is 2. The lowest BCUT2D eigenvalue weighted by atomic mass is 10.0. The first-order valence-electron chi connectivity index (χ1n) is 11.4. The lowest BCUT2D eigenvalue weighted by Gasteiger charge is -2.33. The summed E-state index contributed by atoms with van der Waals surface area (Å²) in [5.41, 5.74) is 2.64. The van der Waals surface area contributed by atoms with Crippen molar-refractivity contribution < 1.29 is 9.18 Å². The number of amides is 1. The molecule has 2 aliphatic rings. The molecule has 1 saturated heterocycles. The average Bonchev–Trinajstić information content (AvgIpc) is 3.59. The zero-order chi connectivity index (χ0) is 22.5. The van der Waals surface area contributed by atoms with Gasteiger partial charge < -0.3 is 15.2 Å². The molecule has 0 radical (unpaired) electrons. The van der Waals surface area contributed by atoms with Crippen LogP contribution in [0.2, 0.25) is 0 Å². The van der Waals surface area contributed by atoms with Crippen LogP contribution < -0.4 is 11.0 Å². The number of benzene rings is 2.